The Morgan fingerprint density at radius 1 is 0.961 bits per heavy atom. The molecule has 51 heavy (non-hydrogen) atoms. The SMILES string of the molecule is CN1CCC(C(=O)[C@H](CCCCCN[C@@H]2C[C@H]2c2ccc(F)cc2)NC(=O)c2ccc(-n3ccnn3)cc2)CC1.Cc1ccc(S(=O)(=O)O)cc1. The number of unbranched alkanes of at least 4 members (excludes halogenated alkanes) is 2. The molecule has 13 heteroatoms. The van der Waals surface area contributed by atoms with Gasteiger partial charge < -0.3 is 15.5 Å². The van der Waals surface area contributed by atoms with Crippen LogP contribution >= 0.6 is 0 Å². The summed E-state index contributed by atoms with van der Waals surface area (Å²) in [5.41, 5.74) is 3.49. The summed E-state index contributed by atoms with van der Waals surface area (Å²) in [6.07, 6.45) is 9.65. The normalized spacial score (nSPS) is 18.4. The van der Waals surface area contributed by atoms with Crippen molar-refractivity contribution in [2.24, 2.45) is 5.92 Å². The smallest absolute Gasteiger partial charge is 0.294 e. The summed E-state index contributed by atoms with van der Waals surface area (Å²) >= 11 is 0. The van der Waals surface area contributed by atoms with Gasteiger partial charge in [0.05, 0.1) is 29.0 Å². The molecule has 2 fully saturated rings. The molecule has 2 heterocycles. The summed E-state index contributed by atoms with van der Waals surface area (Å²) < 4.78 is 44.4. The first-order valence-corrected chi connectivity index (χ1v) is 18.9. The third kappa shape index (κ3) is 11.3. The van der Waals surface area contributed by atoms with Gasteiger partial charge in [0.15, 0.2) is 5.78 Å². The summed E-state index contributed by atoms with van der Waals surface area (Å²) in [5, 5.41) is 14.5. The lowest BCUT2D eigenvalue weighted by atomic mass is 9.87. The third-order valence-corrected chi connectivity index (χ3v) is 10.4. The summed E-state index contributed by atoms with van der Waals surface area (Å²) in [5.74, 6) is 0.213. The zero-order valence-electron chi connectivity index (χ0n) is 29.1. The highest BCUT2D eigenvalue weighted by atomic mass is 32.2. The van der Waals surface area contributed by atoms with Crippen LogP contribution in [0.4, 0.5) is 4.39 Å². The fourth-order valence-electron chi connectivity index (χ4n) is 6.36. The standard InChI is InChI=1S/C31H39FN6O2.C7H8O3S/c1-37-18-14-23(15-19-37)30(39)28(35-31(40)24-8-12-26(13-9-24)38-20-17-34-36-38)5-3-2-4-16-33-29-21-27(29)22-6-10-25(32)11-7-22;1-6-2-4-7(5-3-6)11(8,9)10/h6-13,17,20,23,27-29,33H,2-5,14-16,18-19,21H2,1H3,(H,35,40);2-5H,1H3,(H,8,9,10)/t27-,28-,29+;/m0./s1. The Bertz CT molecular complexity index is 1810. The van der Waals surface area contributed by atoms with Crippen molar-refractivity contribution in [3.8, 4) is 5.69 Å². The number of hydrogen-bond acceptors (Lipinski definition) is 8. The lowest BCUT2D eigenvalue weighted by molar-refractivity contribution is -0.126. The second kappa shape index (κ2) is 17.8. The van der Waals surface area contributed by atoms with Gasteiger partial charge in [0.2, 0.25) is 0 Å². The number of nitrogens with zero attached hydrogens (tertiary/aromatic N) is 4. The lowest BCUT2D eigenvalue weighted by Crippen LogP contribution is -2.46. The van der Waals surface area contributed by atoms with Crippen molar-refractivity contribution in [1.82, 2.24) is 30.5 Å². The van der Waals surface area contributed by atoms with Crippen LogP contribution in [0.5, 0.6) is 0 Å². The first kappa shape index (κ1) is 37.9. The van der Waals surface area contributed by atoms with Crippen molar-refractivity contribution in [2.45, 2.75) is 74.8 Å². The number of amides is 1. The Labute approximate surface area is 299 Å². The highest BCUT2D eigenvalue weighted by Gasteiger charge is 2.37. The van der Waals surface area contributed by atoms with Crippen LogP contribution in [-0.2, 0) is 14.9 Å². The van der Waals surface area contributed by atoms with Gasteiger partial charge in [-0.2, -0.15) is 8.42 Å². The van der Waals surface area contributed by atoms with E-state index in [1.807, 2.05) is 31.2 Å². The number of likely N-dealkylation sites (tertiary alicyclic amines) is 1. The number of rotatable bonds is 14. The van der Waals surface area contributed by atoms with E-state index >= 15 is 0 Å². The van der Waals surface area contributed by atoms with Crippen LogP contribution in [0.3, 0.4) is 0 Å². The average Bonchev–Trinajstić information content (AvgIpc) is 3.67. The van der Waals surface area contributed by atoms with Crippen molar-refractivity contribution in [3.05, 3.63) is 108 Å². The predicted molar refractivity (Wildman–Crippen MR) is 193 cm³/mol. The van der Waals surface area contributed by atoms with Crippen LogP contribution in [0, 0.1) is 18.7 Å². The van der Waals surface area contributed by atoms with Crippen LogP contribution in [0.1, 0.15) is 72.3 Å². The molecule has 1 aliphatic carbocycles. The molecule has 0 radical (unpaired) electrons. The second-order valence-electron chi connectivity index (χ2n) is 13.5. The van der Waals surface area contributed by atoms with Gasteiger partial charge in [-0.3, -0.25) is 14.1 Å². The highest BCUT2D eigenvalue weighted by Crippen LogP contribution is 2.40. The maximum absolute atomic E-state index is 13.5. The monoisotopic (exact) mass is 718 g/mol. The Morgan fingerprint density at radius 2 is 1.65 bits per heavy atom. The minimum atomic E-state index is -4.02. The van der Waals surface area contributed by atoms with Crippen molar-refractivity contribution >= 4 is 21.8 Å². The molecular weight excluding hydrogens is 672 g/mol. The summed E-state index contributed by atoms with van der Waals surface area (Å²) in [4.78, 5) is 28.8. The Kier molecular flexibility index (Phi) is 13.2. The molecule has 3 atom stereocenters. The van der Waals surface area contributed by atoms with Gasteiger partial charge in [-0.05, 0) is 120 Å². The second-order valence-corrected chi connectivity index (χ2v) is 14.9. The summed E-state index contributed by atoms with van der Waals surface area (Å²) in [7, 11) is -1.94. The van der Waals surface area contributed by atoms with Crippen molar-refractivity contribution < 1.29 is 27.0 Å². The molecule has 1 aromatic heterocycles. The average molecular weight is 719 g/mol. The molecular formula is C38H47FN6O5S. The molecule has 0 spiro atoms. The van der Waals surface area contributed by atoms with Crippen LogP contribution in [0.2, 0.25) is 0 Å². The molecule has 11 nitrogen and oxygen atoms in total. The number of carbonyl (C=O) groups excluding carboxylic acids is 2. The molecule has 2 aliphatic rings. The molecule has 1 saturated carbocycles. The first-order valence-electron chi connectivity index (χ1n) is 17.5. The maximum atomic E-state index is 13.5. The van der Waals surface area contributed by atoms with Crippen LogP contribution < -0.4 is 10.6 Å². The van der Waals surface area contributed by atoms with E-state index in [9.17, 15) is 22.4 Å². The quantitative estimate of drug-likeness (QED) is 0.116. The summed E-state index contributed by atoms with van der Waals surface area (Å²) in [6, 6.07) is 19.9. The van der Waals surface area contributed by atoms with Gasteiger partial charge in [-0.15, -0.1) is 5.10 Å². The van der Waals surface area contributed by atoms with E-state index in [2.05, 4.69) is 32.9 Å². The fourth-order valence-corrected chi connectivity index (χ4v) is 6.84. The van der Waals surface area contributed by atoms with Crippen LogP contribution in [0.15, 0.2) is 90.1 Å². The van der Waals surface area contributed by atoms with Gasteiger partial charge in [-0.25, -0.2) is 9.07 Å². The Hall–Kier alpha value is -4.30. The Morgan fingerprint density at radius 3 is 2.27 bits per heavy atom. The van der Waals surface area contributed by atoms with Gasteiger partial charge in [0.1, 0.15) is 5.82 Å². The number of nitrogens with one attached hydrogen (secondary N) is 2. The number of benzene rings is 3. The number of Topliss-reactive ketones (excluding diaryl/α,β-unsaturated/α-hetero) is 1. The van der Waals surface area contributed by atoms with Gasteiger partial charge >= 0.3 is 0 Å². The zero-order chi connectivity index (χ0) is 36.4. The molecule has 3 N–H and O–H groups in total. The third-order valence-electron chi connectivity index (χ3n) is 9.57. The molecule has 1 amide bonds. The Balaban J connectivity index is 0.000000392. The van der Waals surface area contributed by atoms with Crippen LogP contribution in [0.25, 0.3) is 5.69 Å². The predicted octanol–water partition coefficient (Wildman–Crippen LogP) is 5.36. The molecule has 4 aromatic rings. The van der Waals surface area contributed by atoms with E-state index < -0.39 is 16.2 Å². The van der Waals surface area contributed by atoms with Gasteiger partial charge in [-0.1, -0.05) is 47.9 Å². The van der Waals surface area contributed by atoms with Gasteiger partial charge in [0, 0.05) is 23.4 Å². The number of carbonyl (C=O) groups is 2. The molecule has 6 rings (SSSR count). The van der Waals surface area contributed by atoms with E-state index in [4.69, 9.17) is 4.55 Å². The topological polar surface area (TPSA) is 147 Å². The van der Waals surface area contributed by atoms with Crippen LogP contribution in [-0.4, -0.2) is 83.3 Å². The number of aromatic nitrogens is 3. The van der Waals surface area contributed by atoms with E-state index in [1.54, 1.807) is 41.3 Å². The minimum absolute atomic E-state index is 0.00359. The largest absolute Gasteiger partial charge is 0.342 e. The lowest BCUT2D eigenvalue weighted by Gasteiger charge is -2.30. The molecule has 0 bridgehead atoms. The molecule has 0 unspecified atom stereocenters. The fraction of sp³-hybridized carbons (Fsp3) is 0.421. The van der Waals surface area contributed by atoms with E-state index in [0.29, 0.717) is 23.9 Å². The number of halogens is 1. The number of aryl methyl sites for hydroxylation is 1. The number of hydrogen-bond donors (Lipinski definition) is 3. The van der Waals surface area contributed by atoms with E-state index in [0.717, 1.165) is 69.4 Å². The molecule has 1 aliphatic heterocycles. The van der Waals surface area contributed by atoms with Crippen molar-refractivity contribution in [1.29, 1.82) is 0 Å². The minimum Gasteiger partial charge on any atom is -0.342 e. The molecule has 272 valence electrons. The highest BCUT2D eigenvalue weighted by molar-refractivity contribution is 7.85. The molecule has 1 saturated heterocycles. The van der Waals surface area contributed by atoms with Crippen molar-refractivity contribution in [3.63, 3.8) is 0 Å². The molecule has 3 aromatic carbocycles. The van der Waals surface area contributed by atoms with E-state index in [-0.39, 0.29) is 28.3 Å². The van der Waals surface area contributed by atoms with E-state index in [1.165, 1.54) is 29.8 Å². The first-order chi connectivity index (χ1) is 24.5. The number of ketones is 1. The van der Waals surface area contributed by atoms with Gasteiger partial charge in [0.25, 0.3) is 16.0 Å². The van der Waals surface area contributed by atoms with Crippen molar-refractivity contribution in [2.75, 3.05) is 26.7 Å². The summed E-state index contributed by atoms with van der Waals surface area (Å²) in [6.45, 7) is 4.58. The zero-order valence-corrected chi connectivity index (χ0v) is 29.9. The number of piperidine rings is 1. The maximum Gasteiger partial charge on any atom is 0.294 e.